The number of halogens is 1. The Labute approximate surface area is 125 Å². The van der Waals surface area contributed by atoms with Crippen LogP contribution in [0.2, 0.25) is 5.02 Å². The quantitative estimate of drug-likeness (QED) is 0.916. The lowest BCUT2D eigenvalue weighted by molar-refractivity contribution is 0.0989. The van der Waals surface area contributed by atoms with Gasteiger partial charge in [-0.1, -0.05) is 42.8 Å². The van der Waals surface area contributed by atoms with Crippen molar-refractivity contribution in [2.24, 2.45) is 0 Å². The molecule has 1 N–H and O–H groups in total. The smallest absolute Gasteiger partial charge is 0.125 e. The fourth-order valence-corrected chi connectivity index (χ4v) is 2.45. The van der Waals surface area contributed by atoms with Crippen molar-refractivity contribution in [3.8, 4) is 5.75 Å². The van der Waals surface area contributed by atoms with E-state index in [9.17, 15) is 5.11 Å². The van der Waals surface area contributed by atoms with Crippen LogP contribution in [0, 0.1) is 0 Å². The Morgan fingerprint density at radius 2 is 1.80 bits per heavy atom. The zero-order valence-electron chi connectivity index (χ0n) is 12.0. The Kier molecular flexibility index (Phi) is 4.36. The summed E-state index contributed by atoms with van der Waals surface area (Å²) in [6, 6.07) is 13.2. The lowest BCUT2D eigenvalue weighted by atomic mass is 9.87. The van der Waals surface area contributed by atoms with Crippen LogP contribution in [0.3, 0.4) is 0 Å². The van der Waals surface area contributed by atoms with Gasteiger partial charge in [0.15, 0.2) is 0 Å². The standard InChI is InChI=1S/C17H19ClO2/c1-4-12-5-7-13(8-6-12)17(2,19)15-11-14(18)9-10-16(15)20-3/h5-11,19H,4H2,1-3H3. The van der Waals surface area contributed by atoms with Gasteiger partial charge >= 0.3 is 0 Å². The van der Waals surface area contributed by atoms with Gasteiger partial charge in [0, 0.05) is 10.6 Å². The molecule has 0 amide bonds. The highest BCUT2D eigenvalue weighted by molar-refractivity contribution is 6.30. The highest BCUT2D eigenvalue weighted by atomic mass is 35.5. The molecule has 0 spiro atoms. The van der Waals surface area contributed by atoms with Crippen molar-refractivity contribution in [2.45, 2.75) is 25.9 Å². The number of aliphatic hydroxyl groups is 1. The molecule has 0 saturated carbocycles. The van der Waals surface area contributed by atoms with E-state index in [2.05, 4.69) is 6.92 Å². The molecule has 0 aliphatic carbocycles. The number of aryl methyl sites for hydroxylation is 1. The molecule has 0 aromatic heterocycles. The van der Waals surface area contributed by atoms with Gasteiger partial charge in [0.1, 0.15) is 11.4 Å². The molecule has 106 valence electrons. The average Bonchev–Trinajstić information content (AvgIpc) is 2.47. The van der Waals surface area contributed by atoms with Crippen LogP contribution < -0.4 is 4.74 Å². The zero-order chi connectivity index (χ0) is 14.8. The van der Waals surface area contributed by atoms with Gasteiger partial charge in [0.2, 0.25) is 0 Å². The molecule has 0 saturated heterocycles. The minimum Gasteiger partial charge on any atom is -0.496 e. The summed E-state index contributed by atoms with van der Waals surface area (Å²) in [5, 5.41) is 11.5. The van der Waals surface area contributed by atoms with Crippen LogP contribution in [0.15, 0.2) is 42.5 Å². The maximum atomic E-state index is 10.9. The molecular formula is C17H19ClO2. The summed E-state index contributed by atoms with van der Waals surface area (Å²) in [5.41, 5.74) is 1.57. The van der Waals surface area contributed by atoms with Crippen LogP contribution in [0.25, 0.3) is 0 Å². The molecule has 0 aliphatic rings. The largest absolute Gasteiger partial charge is 0.496 e. The summed E-state index contributed by atoms with van der Waals surface area (Å²) in [4.78, 5) is 0. The molecule has 0 aliphatic heterocycles. The van der Waals surface area contributed by atoms with Gasteiger partial charge in [0.05, 0.1) is 7.11 Å². The Hall–Kier alpha value is -1.51. The van der Waals surface area contributed by atoms with Crippen LogP contribution in [0.4, 0.5) is 0 Å². The topological polar surface area (TPSA) is 29.5 Å². The van der Waals surface area contributed by atoms with Gasteiger partial charge in [-0.2, -0.15) is 0 Å². The van der Waals surface area contributed by atoms with E-state index in [0.29, 0.717) is 16.3 Å². The number of hydrogen-bond donors (Lipinski definition) is 1. The first-order valence-electron chi connectivity index (χ1n) is 6.65. The van der Waals surface area contributed by atoms with Crippen LogP contribution in [-0.2, 0) is 12.0 Å². The fourth-order valence-electron chi connectivity index (χ4n) is 2.28. The summed E-state index contributed by atoms with van der Waals surface area (Å²) >= 11 is 6.05. The molecule has 20 heavy (non-hydrogen) atoms. The predicted octanol–water partition coefficient (Wildman–Crippen LogP) is 4.17. The van der Waals surface area contributed by atoms with Gasteiger partial charge in [-0.05, 0) is 42.7 Å². The second-order valence-electron chi connectivity index (χ2n) is 4.97. The Morgan fingerprint density at radius 1 is 1.15 bits per heavy atom. The van der Waals surface area contributed by atoms with Crippen molar-refractivity contribution >= 4 is 11.6 Å². The third-order valence-electron chi connectivity index (χ3n) is 3.61. The molecular weight excluding hydrogens is 272 g/mol. The minimum atomic E-state index is -1.15. The maximum absolute atomic E-state index is 10.9. The van der Waals surface area contributed by atoms with Crippen molar-refractivity contribution in [1.29, 1.82) is 0 Å². The van der Waals surface area contributed by atoms with Gasteiger partial charge in [0.25, 0.3) is 0 Å². The van der Waals surface area contributed by atoms with Crippen LogP contribution >= 0.6 is 11.6 Å². The first kappa shape index (κ1) is 14.9. The highest BCUT2D eigenvalue weighted by Gasteiger charge is 2.29. The molecule has 1 unspecified atom stereocenters. The van der Waals surface area contributed by atoms with Gasteiger partial charge in [-0.25, -0.2) is 0 Å². The molecule has 2 aromatic rings. The van der Waals surface area contributed by atoms with Crippen LogP contribution in [0.5, 0.6) is 5.75 Å². The van der Waals surface area contributed by atoms with Crippen molar-refractivity contribution in [3.05, 3.63) is 64.2 Å². The van der Waals surface area contributed by atoms with Crippen molar-refractivity contribution in [1.82, 2.24) is 0 Å². The maximum Gasteiger partial charge on any atom is 0.125 e. The summed E-state index contributed by atoms with van der Waals surface area (Å²) in [6.45, 7) is 3.86. The number of methoxy groups -OCH3 is 1. The summed E-state index contributed by atoms with van der Waals surface area (Å²) < 4.78 is 5.33. The molecule has 2 nitrogen and oxygen atoms in total. The van der Waals surface area contributed by atoms with E-state index < -0.39 is 5.60 Å². The van der Waals surface area contributed by atoms with Crippen molar-refractivity contribution in [2.75, 3.05) is 7.11 Å². The zero-order valence-corrected chi connectivity index (χ0v) is 12.7. The SMILES string of the molecule is CCc1ccc(C(C)(O)c2cc(Cl)ccc2OC)cc1. The highest BCUT2D eigenvalue weighted by Crippen LogP contribution is 2.37. The molecule has 0 bridgehead atoms. The second kappa shape index (κ2) is 5.86. The predicted molar refractivity (Wildman–Crippen MR) is 82.5 cm³/mol. The lowest BCUT2D eigenvalue weighted by Crippen LogP contribution is -2.23. The first-order chi connectivity index (χ1) is 9.48. The third kappa shape index (κ3) is 2.82. The van der Waals surface area contributed by atoms with Crippen molar-refractivity contribution in [3.63, 3.8) is 0 Å². The molecule has 0 radical (unpaired) electrons. The fraction of sp³-hybridized carbons (Fsp3) is 0.294. The minimum absolute atomic E-state index is 0.575. The Balaban J connectivity index is 2.50. The van der Waals surface area contributed by atoms with E-state index in [1.807, 2.05) is 24.3 Å². The normalized spacial score (nSPS) is 13.8. The molecule has 2 aromatic carbocycles. The van der Waals surface area contributed by atoms with E-state index in [4.69, 9.17) is 16.3 Å². The number of hydrogen-bond acceptors (Lipinski definition) is 2. The third-order valence-corrected chi connectivity index (χ3v) is 3.85. The molecule has 1 atom stereocenters. The van der Waals surface area contributed by atoms with E-state index in [0.717, 1.165) is 12.0 Å². The summed E-state index contributed by atoms with van der Waals surface area (Å²) in [6.07, 6.45) is 0.975. The van der Waals surface area contributed by atoms with Crippen LogP contribution in [0.1, 0.15) is 30.5 Å². The van der Waals surface area contributed by atoms with E-state index in [-0.39, 0.29) is 0 Å². The molecule has 2 rings (SSSR count). The van der Waals surface area contributed by atoms with E-state index in [1.165, 1.54) is 5.56 Å². The van der Waals surface area contributed by atoms with Gasteiger partial charge in [-0.15, -0.1) is 0 Å². The summed E-state index contributed by atoms with van der Waals surface area (Å²) in [5.74, 6) is 0.624. The second-order valence-corrected chi connectivity index (χ2v) is 5.40. The number of rotatable bonds is 4. The van der Waals surface area contributed by atoms with Gasteiger partial charge < -0.3 is 9.84 Å². The first-order valence-corrected chi connectivity index (χ1v) is 7.02. The van der Waals surface area contributed by atoms with E-state index >= 15 is 0 Å². The molecule has 0 heterocycles. The number of benzene rings is 2. The Bertz CT molecular complexity index is 588. The number of ether oxygens (including phenoxy) is 1. The van der Waals surface area contributed by atoms with Gasteiger partial charge in [-0.3, -0.25) is 0 Å². The molecule has 3 heteroatoms. The van der Waals surface area contributed by atoms with Crippen LogP contribution in [-0.4, -0.2) is 12.2 Å². The monoisotopic (exact) mass is 290 g/mol. The van der Waals surface area contributed by atoms with Crippen molar-refractivity contribution < 1.29 is 9.84 Å². The average molecular weight is 291 g/mol. The summed E-state index contributed by atoms with van der Waals surface area (Å²) in [7, 11) is 1.59. The molecule has 0 fully saturated rings. The Morgan fingerprint density at radius 3 is 2.35 bits per heavy atom. The van der Waals surface area contributed by atoms with E-state index in [1.54, 1.807) is 32.2 Å². The lowest BCUT2D eigenvalue weighted by Gasteiger charge is -2.26.